The van der Waals surface area contributed by atoms with E-state index >= 15 is 0 Å². The number of halogens is 2. The lowest BCUT2D eigenvalue weighted by Gasteiger charge is -2.47. The Kier molecular flexibility index (Phi) is 7.70. The molecule has 0 spiro atoms. The molecule has 1 atom stereocenters. The highest BCUT2D eigenvalue weighted by atomic mass is 127. The van der Waals surface area contributed by atoms with Crippen LogP contribution >= 0.6 is 24.0 Å². The molecule has 3 fully saturated rings. The Morgan fingerprint density at radius 1 is 1.21 bits per heavy atom. The van der Waals surface area contributed by atoms with Gasteiger partial charge in [-0.1, -0.05) is 18.2 Å². The summed E-state index contributed by atoms with van der Waals surface area (Å²) in [5.41, 5.74) is 0.735. The normalized spacial score (nSPS) is 25.9. The van der Waals surface area contributed by atoms with Crippen LogP contribution in [0, 0.1) is 5.82 Å². The third kappa shape index (κ3) is 5.03. The highest BCUT2D eigenvalue weighted by molar-refractivity contribution is 14.0. The van der Waals surface area contributed by atoms with Gasteiger partial charge in [-0.15, -0.1) is 24.0 Å². The van der Waals surface area contributed by atoms with Gasteiger partial charge in [-0.2, -0.15) is 0 Å². The van der Waals surface area contributed by atoms with Crippen molar-refractivity contribution in [3.05, 3.63) is 35.6 Å². The van der Waals surface area contributed by atoms with Crippen molar-refractivity contribution in [2.24, 2.45) is 4.99 Å². The van der Waals surface area contributed by atoms with Crippen LogP contribution in [0.1, 0.15) is 5.56 Å². The SMILES string of the molecule is CN=C(NCCc1ccccc1F)NCC1CN2CCN1CC2.I. The van der Waals surface area contributed by atoms with E-state index in [9.17, 15) is 4.39 Å². The number of guanidine groups is 1. The Bertz CT molecular complexity index is 546. The van der Waals surface area contributed by atoms with E-state index in [1.54, 1.807) is 13.1 Å². The molecular formula is C17H27FIN5. The second-order valence-corrected chi connectivity index (χ2v) is 6.21. The van der Waals surface area contributed by atoms with Crippen LogP contribution in [0.4, 0.5) is 4.39 Å². The van der Waals surface area contributed by atoms with Crippen LogP contribution in [0.3, 0.4) is 0 Å². The molecule has 3 heterocycles. The second-order valence-electron chi connectivity index (χ2n) is 6.21. The number of nitrogens with one attached hydrogen (secondary N) is 2. The number of nitrogens with zero attached hydrogens (tertiary/aromatic N) is 3. The first-order valence-electron chi connectivity index (χ1n) is 8.40. The number of aliphatic imine (C=N–C) groups is 1. The molecule has 0 aliphatic carbocycles. The molecule has 134 valence electrons. The minimum absolute atomic E-state index is 0. The number of hydrogen-bond donors (Lipinski definition) is 2. The average molecular weight is 447 g/mol. The van der Waals surface area contributed by atoms with E-state index in [4.69, 9.17) is 0 Å². The van der Waals surface area contributed by atoms with E-state index in [0.29, 0.717) is 19.0 Å². The fraction of sp³-hybridized carbons (Fsp3) is 0.588. The molecular weight excluding hydrogens is 420 g/mol. The van der Waals surface area contributed by atoms with E-state index < -0.39 is 0 Å². The largest absolute Gasteiger partial charge is 0.356 e. The lowest BCUT2D eigenvalue weighted by molar-refractivity contribution is 0.0154. The minimum atomic E-state index is -0.141. The maximum absolute atomic E-state index is 13.6. The number of hydrogen-bond acceptors (Lipinski definition) is 3. The summed E-state index contributed by atoms with van der Waals surface area (Å²) in [6, 6.07) is 7.48. The van der Waals surface area contributed by atoms with E-state index in [1.807, 2.05) is 12.1 Å². The Hall–Kier alpha value is -0.930. The van der Waals surface area contributed by atoms with Gasteiger partial charge in [0, 0.05) is 58.9 Å². The summed E-state index contributed by atoms with van der Waals surface area (Å²) in [5.74, 6) is 0.649. The van der Waals surface area contributed by atoms with E-state index in [1.165, 1.54) is 32.2 Å². The summed E-state index contributed by atoms with van der Waals surface area (Å²) in [6.45, 7) is 7.45. The molecule has 0 saturated carbocycles. The molecule has 5 nitrogen and oxygen atoms in total. The van der Waals surface area contributed by atoms with Crippen molar-refractivity contribution in [2.45, 2.75) is 12.5 Å². The number of rotatable bonds is 5. The number of fused-ring (bicyclic) bond motifs is 3. The van der Waals surface area contributed by atoms with Crippen LogP contribution in [-0.2, 0) is 6.42 Å². The maximum Gasteiger partial charge on any atom is 0.191 e. The minimum Gasteiger partial charge on any atom is -0.356 e. The molecule has 1 aromatic carbocycles. The lowest BCUT2D eigenvalue weighted by Crippen LogP contribution is -2.63. The standard InChI is InChI=1S/C17H26FN5.HI/c1-19-17(20-7-6-14-4-2-3-5-16(14)18)21-12-15-13-22-8-10-23(15)11-9-22;/h2-5,15H,6-13H2,1H3,(H2,19,20,21);1H. The molecule has 7 heteroatoms. The second kappa shape index (κ2) is 9.53. The van der Waals surface area contributed by atoms with Crippen LogP contribution in [0.5, 0.6) is 0 Å². The van der Waals surface area contributed by atoms with Gasteiger partial charge in [0.25, 0.3) is 0 Å². The van der Waals surface area contributed by atoms with Crippen LogP contribution in [0.2, 0.25) is 0 Å². The highest BCUT2D eigenvalue weighted by Crippen LogP contribution is 2.14. The van der Waals surface area contributed by atoms with Gasteiger partial charge in [-0.05, 0) is 18.1 Å². The predicted octanol–water partition coefficient (Wildman–Crippen LogP) is 1.15. The molecule has 2 N–H and O–H groups in total. The van der Waals surface area contributed by atoms with Crippen LogP contribution in [0.25, 0.3) is 0 Å². The van der Waals surface area contributed by atoms with Gasteiger partial charge in [0.05, 0.1) is 0 Å². The van der Waals surface area contributed by atoms with Crippen molar-refractivity contribution in [1.82, 2.24) is 20.4 Å². The van der Waals surface area contributed by atoms with E-state index in [-0.39, 0.29) is 29.8 Å². The molecule has 0 aromatic heterocycles. The van der Waals surface area contributed by atoms with Gasteiger partial charge in [-0.3, -0.25) is 14.8 Å². The predicted molar refractivity (Wildman–Crippen MR) is 107 cm³/mol. The molecule has 4 rings (SSSR count). The van der Waals surface area contributed by atoms with Crippen molar-refractivity contribution in [1.29, 1.82) is 0 Å². The maximum atomic E-state index is 13.6. The Labute approximate surface area is 160 Å². The van der Waals surface area contributed by atoms with Gasteiger partial charge in [0.1, 0.15) is 5.82 Å². The Morgan fingerprint density at radius 2 is 1.96 bits per heavy atom. The monoisotopic (exact) mass is 447 g/mol. The molecule has 2 bridgehead atoms. The molecule has 3 aliphatic heterocycles. The molecule has 0 amide bonds. The van der Waals surface area contributed by atoms with Gasteiger partial charge in [0.15, 0.2) is 5.96 Å². The van der Waals surface area contributed by atoms with E-state index in [2.05, 4.69) is 25.4 Å². The molecule has 1 aromatic rings. The van der Waals surface area contributed by atoms with Crippen molar-refractivity contribution >= 4 is 29.9 Å². The van der Waals surface area contributed by atoms with Crippen molar-refractivity contribution in [3.8, 4) is 0 Å². The number of benzene rings is 1. The summed E-state index contributed by atoms with van der Waals surface area (Å²) >= 11 is 0. The van der Waals surface area contributed by atoms with Crippen LogP contribution < -0.4 is 10.6 Å². The van der Waals surface area contributed by atoms with Crippen molar-refractivity contribution in [2.75, 3.05) is 52.9 Å². The Morgan fingerprint density at radius 3 is 2.58 bits per heavy atom. The molecule has 24 heavy (non-hydrogen) atoms. The quantitative estimate of drug-likeness (QED) is 0.404. The third-order valence-electron chi connectivity index (χ3n) is 4.77. The zero-order chi connectivity index (χ0) is 16.1. The summed E-state index contributed by atoms with van der Waals surface area (Å²) in [6.07, 6.45) is 0.650. The van der Waals surface area contributed by atoms with E-state index in [0.717, 1.165) is 24.6 Å². The molecule has 0 radical (unpaired) electrons. The zero-order valence-electron chi connectivity index (χ0n) is 14.2. The summed E-state index contributed by atoms with van der Waals surface area (Å²) in [7, 11) is 1.77. The summed E-state index contributed by atoms with van der Waals surface area (Å²) in [5, 5.41) is 6.67. The Balaban J connectivity index is 0.00000208. The fourth-order valence-electron chi connectivity index (χ4n) is 3.37. The first kappa shape index (κ1) is 19.4. The van der Waals surface area contributed by atoms with Crippen molar-refractivity contribution in [3.63, 3.8) is 0 Å². The van der Waals surface area contributed by atoms with Crippen molar-refractivity contribution < 1.29 is 4.39 Å². The first-order valence-corrected chi connectivity index (χ1v) is 8.40. The topological polar surface area (TPSA) is 42.9 Å². The summed E-state index contributed by atoms with van der Waals surface area (Å²) < 4.78 is 13.6. The van der Waals surface area contributed by atoms with Gasteiger partial charge >= 0.3 is 0 Å². The van der Waals surface area contributed by atoms with Gasteiger partial charge < -0.3 is 10.6 Å². The molecule has 3 aliphatic rings. The smallest absolute Gasteiger partial charge is 0.191 e. The van der Waals surface area contributed by atoms with Crippen LogP contribution in [-0.4, -0.2) is 74.7 Å². The third-order valence-corrected chi connectivity index (χ3v) is 4.77. The fourth-order valence-corrected chi connectivity index (χ4v) is 3.37. The lowest BCUT2D eigenvalue weighted by atomic mass is 10.1. The molecule has 3 saturated heterocycles. The number of piperazine rings is 3. The van der Waals surface area contributed by atoms with Gasteiger partial charge in [0.2, 0.25) is 0 Å². The summed E-state index contributed by atoms with van der Waals surface area (Å²) in [4.78, 5) is 9.34. The average Bonchev–Trinajstić information content (AvgIpc) is 2.60. The molecule has 1 unspecified atom stereocenters. The first-order chi connectivity index (χ1) is 11.3. The highest BCUT2D eigenvalue weighted by Gasteiger charge is 2.31. The van der Waals surface area contributed by atoms with Crippen LogP contribution in [0.15, 0.2) is 29.3 Å². The van der Waals surface area contributed by atoms with Gasteiger partial charge in [-0.25, -0.2) is 4.39 Å². The zero-order valence-corrected chi connectivity index (χ0v) is 16.5.